The van der Waals surface area contributed by atoms with Crippen molar-refractivity contribution in [3.05, 3.63) is 77.1 Å². The average molecular weight is 377 g/mol. The Morgan fingerprint density at radius 1 is 0.964 bits per heavy atom. The van der Waals surface area contributed by atoms with Crippen LogP contribution in [0.2, 0.25) is 0 Å². The van der Waals surface area contributed by atoms with Gasteiger partial charge in [0.2, 0.25) is 5.91 Å². The van der Waals surface area contributed by atoms with Gasteiger partial charge in [0.25, 0.3) is 0 Å². The summed E-state index contributed by atoms with van der Waals surface area (Å²) in [6.07, 6.45) is 0. The van der Waals surface area contributed by atoms with E-state index in [1.165, 1.54) is 5.56 Å². The molecule has 28 heavy (non-hydrogen) atoms. The van der Waals surface area contributed by atoms with Gasteiger partial charge in [-0.1, -0.05) is 36.4 Å². The van der Waals surface area contributed by atoms with Gasteiger partial charge in [-0.05, 0) is 44.5 Å². The minimum Gasteiger partial charge on any atom is -0.365 e. The number of hydrogen-bond acceptors (Lipinski definition) is 3. The number of rotatable bonds is 6. The van der Waals surface area contributed by atoms with Crippen LogP contribution in [0.1, 0.15) is 22.5 Å². The maximum atomic E-state index is 12.7. The molecule has 2 aromatic carbocycles. The summed E-state index contributed by atoms with van der Waals surface area (Å²) in [5.41, 5.74) is 6.41. The lowest BCUT2D eigenvalue weighted by Crippen LogP contribution is -2.36. The normalized spacial score (nSPS) is 10.8. The van der Waals surface area contributed by atoms with Crippen LogP contribution in [-0.4, -0.2) is 41.2 Å². The van der Waals surface area contributed by atoms with E-state index in [2.05, 4.69) is 26.0 Å². The lowest BCUT2D eigenvalue weighted by atomic mass is 10.1. The molecule has 1 heterocycles. The zero-order chi connectivity index (χ0) is 20.3. The SMILES string of the molecule is Cc1ccccc1-n1nc(C)c(CN(C)C(=O)CN(C)c2ccccc2)c1C. The van der Waals surface area contributed by atoms with Crippen LogP contribution in [0.4, 0.5) is 5.69 Å². The summed E-state index contributed by atoms with van der Waals surface area (Å²) in [4.78, 5) is 16.5. The van der Waals surface area contributed by atoms with E-state index >= 15 is 0 Å². The quantitative estimate of drug-likeness (QED) is 0.655. The van der Waals surface area contributed by atoms with E-state index < -0.39 is 0 Å². The highest BCUT2D eigenvalue weighted by Gasteiger charge is 2.18. The third kappa shape index (κ3) is 4.09. The molecule has 1 aromatic heterocycles. The number of nitrogens with zero attached hydrogens (tertiary/aromatic N) is 4. The Morgan fingerprint density at radius 2 is 1.61 bits per heavy atom. The van der Waals surface area contributed by atoms with Crippen LogP contribution in [0.15, 0.2) is 54.6 Å². The predicted molar refractivity (Wildman–Crippen MR) is 114 cm³/mol. The van der Waals surface area contributed by atoms with Gasteiger partial charge in [-0.2, -0.15) is 5.10 Å². The number of amides is 1. The van der Waals surface area contributed by atoms with E-state index in [9.17, 15) is 4.79 Å². The van der Waals surface area contributed by atoms with Gasteiger partial charge in [-0.15, -0.1) is 0 Å². The number of aryl methyl sites for hydroxylation is 2. The Bertz CT molecular complexity index is 962. The molecular weight excluding hydrogens is 348 g/mol. The van der Waals surface area contributed by atoms with Crippen molar-refractivity contribution < 1.29 is 4.79 Å². The van der Waals surface area contributed by atoms with E-state index in [0.29, 0.717) is 13.1 Å². The summed E-state index contributed by atoms with van der Waals surface area (Å²) in [6, 6.07) is 18.2. The van der Waals surface area contributed by atoms with Gasteiger partial charge < -0.3 is 9.80 Å². The van der Waals surface area contributed by atoms with Crippen molar-refractivity contribution in [2.24, 2.45) is 0 Å². The van der Waals surface area contributed by atoms with E-state index in [1.807, 2.05) is 73.1 Å². The molecule has 0 spiro atoms. The number of anilines is 1. The molecule has 0 aliphatic heterocycles. The average Bonchev–Trinajstić information content (AvgIpc) is 2.97. The molecule has 3 aromatic rings. The Balaban J connectivity index is 1.74. The molecule has 146 valence electrons. The molecule has 0 saturated heterocycles. The van der Waals surface area contributed by atoms with Crippen molar-refractivity contribution in [1.82, 2.24) is 14.7 Å². The Kier molecular flexibility index (Phi) is 5.83. The number of benzene rings is 2. The first kappa shape index (κ1) is 19.7. The molecular formula is C23H28N4O. The summed E-state index contributed by atoms with van der Waals surface area (Å²) >= 11 is 0. The predicted octanol–water partition coefficient (Wildman–Crippen LogP) is 3.89. The van der Waals surface area contributed by atoms with Crippen LogP contribution in [0.5, 0.6) is 0 Å². The molecule has 0 atom stereocenters. The fourth-order valence-electron chi connectivity index (χ4n) is 3.36. The van der Waals surface area contributed by atoms with Crippen LogP contribution in [-0.2, 0) is 11.3 Å². The van der Waals surface area contributed by atoms with Crippen molar-refractivity contribution in [3.63, 3.8) is 0 Å². The number of aromatic nitrogens is 2. The maximum Gasteiger partial charge on any atom is 0.242 e. The Morgan fingerprint density at radius 3 is 2.29 bits per heavy atom. The monoisotopic (exact) mass is 376 g/mol. The summed E-state index contributed by atoms with van der Waals surface area (Å²) < 4.78 is 1.98. The first-order valence-corrected chi connectivity index (χ1v) is 9.49. The highest BCUT2D eigenvalue weighted by molar-refractivity contribution is 5.81. The van der Waals surface area contributed by atoms with Crippen molar-refractivity contribution >= 4 is 11.6 Å². The van der Waals surface area contributed by atoms with Gasteiger partial charge in [0.1, 0.15) is 0 Å². The van der Waals surface area contributed by atoms with Crippen LogP contribution in [0, 0.1) is 20.8 Å². The molecule has 0 aliphatic carbocycles. The molecule has 5 nitrogen and oxygen atoms in total. The molecule has 0 aliphatic rings. The van der Waals surface area contributed by atoms with Crippen LogP contribution in [0.25, 0.3) is 5.69 Å². The Hall–Kier alpha value is -3.08. The molecule has 0 N–H and O–H groups in total. The smallest absolute Gasteiger partial charge is 0.242 e. The third-order valence-corrected chi connectivity index (χ3v) is 5.18. The lowest BCUT2D eigenvalue weighted by Gasteiger charge is -2.23. The number of likely N-dealkylation sites (N-methyl/N-ethyl adjacent to an activating group) is 2. The van der Waals surface area contributed by atoms with Gasteiger partial charge in [0.15, 0.2) is 0 Å². The lowest BCUT2D eigenvalue weighted by molar-refractivity contribution is -0.128. The van der Waals surface area contributed by atoms with Crippen LogP contribution < -0.4 is 4.90 Å². The van der Waals surface area contributed by atoms with E-state index in [0.717, 1.165) is 28.3 Å². The van der Waals surface area contributed by atoms with Crippen molar-refractivity contribution in [1.29, 1.82) is 0 Å². The second-order valence-corrected chi connectivity index (χ2v) is 7.29. The molecule has 1 amide bonds. The molecule has 0 bridgehead atoms. The number of carbonyl (C=O) groups is 1. The van der Waals surface area contributed by atoms with Crippen molar-refractivity contribution in [2.45, 2.75) is 27.3 Å². The molecule has 0 radical (unpaired) electrons. The summed E-state index contributed by atoms with van der Waals surface area (Å²) in [7, 11) is 3.79. The minimum atomic E-state index is 0.0776. The number of para-hydroxylation sites is 2. The minimum absolute atomic E-state index is 0.0776. The zero-order valence-electron chi connectivity index (χ0n) is 17.3. The van der Waals surface area contributed by atoms with E-state index in [1.54, 1.807) is 4.90 Å². The summed E-state index contributed by atoms with van der Waals surface area (Å²) in [5, 5.41) is 4.73. The van der Waals surface area contributed by atoms with Crippen molar-refractivity contribution in [2.75, 3.05) is 25.5 Å². The highest BCUT2D eigenvalue weighted by atomic mass is 16.2. The second-order valence-electron chi connectivity index (χ2n) is 7.29. The Labute approximate surface area is 167 Å². The highest BCUT2D eigenvalue weighted by Crippen LogP contribution is 2.21. The molecule has 0 fully saturated rings. The fraction of sp³-hybridized carbons (Fsp3) is 0.304. The second kappa shape index (κ2) is 8.30. The van der Waals surface area contributed by atoms with Gasteiger partial charge in [0.05, 0.1) is 17.9 Å². The topological polar surface area (TPSA) is 41.4 Å². The van der Waals surface area contributed by atoms with Gasteiger partial charge in [0, 0.05) is 37.6 Å². The van der Waals surface area contributed by atoms with Gasteiger partial charge >= 0.3 is 0 Å². The number of carbonyl (C=O) groups excluding carboxylic acids is 1. The molecule has 3 rings (SSSR count). The summed E-state index contributed by atoms with van der Waals surface area (Å²) in [6.45, 7) is 7.04. The first-order chi connectivity index (χ1) is 13.4. The summed E-state index contributed by atoms with van der Waals surface area (Å²) in [5.74, 6) is 0.0776. The van der Waals surface area contributed by atoms with E-state index in [-0.39, 0.29) is 5.91 Å². The zero-order valence-corrected chi connectivity index (χ0v) is 17.3. The molecule has 0 unspecified atom stereocenters. The standard InChI is InChI=1S/C23H28N4O/c1-17-11-9-10-14-22(17)27-19(3)21(18(2)24-27)15-26(5)23(28)16-25(4)20-12-7-6-8-13-20/h6-14H,15-16H2,1-5H3. The van der Waals surface area contributed by atoms with Crippen LogP contribution in [0.3, 0.4) is 0 Å². The van der Waals surface area contributed by atoms with Gasteiger partial charge in [-0.25, -0.2) is 4.68 Å². The largest absolute Gasteiger partial charge is 0.365 e. The molecule has 5 heteroatoms. The van der Waals surface area contributed by atoms with Crippen molar-refractivity contribution in [3.8, 4) is 5.69 Å². The molecule has 0 saturated carbocycles. The number of hydrogen-bond donors (Lipinski definition) is 0. The van der Waals surface area contributed by atoms with Crippen LogP contribution >= 0.6 is 0 Å². The fourth-order valence-corrected chi connectivity index (χ4v) is 3.36. The van der Waals surface area contributed by atoms with Gasteiger partial charge in [-0.3, -0.25) is 4.79 Å². The maximum absolute atomic E-state index is 12.7. The van der Waals surface area contributed by atoms with E-state index in [4.69, 9.17) is 5.10 Å². The third-order valence-electron chi connectivity index (χ3n) is 5.18. The first-order valence-electron chi connectivity index (χ1n) is 9.49.